The molecular weight excluding hydrogens is 380 g/mol. The third kappa shape index (κ3) is 8.68. The maximum absolute atomic E-state index is 12.5. The SMILES string of the molecule is CCOCC(C)(C)[C@@H](OCC)C(=O)NCCC(O)C(=O)NCCc1cccs1. The van der Waals surface area contributed by atoms with Crippen LogP contribution in [0.2, 0.25) is 0 Å². The van der Waals surface area contributed by atoms with E-state index in [1.807, 2.05) is 45.2 Å². The van der Waals surface area contributed by atoms with Gasteiger partial charge in [-0.1, -0.05) is 19.9 Å². The molecule has 0 saturated carbocycles. The van der Waals surface area contributed by atoms with Crippen LogP contribution in [0.4, 0.5) is 0 Å². The van der Waals surface area contributed by atoms with Crippen molar-refractivity contribution in [1.82, 2.24) is 10.6 Å². The van der Waals surface area contributed by atoms with E-state index in [1.165, 1.54) is 4.88 Å². The first-order chi connectivity index (χ1) is 13.3. The van der Waals surface area contributed by atoms with Crippen LogP contribution in [0.5, 0.6) is 0 Å². The number of thiophene rings is 1. The number of rotatable bonds is 14. The molecule has 1 aromatic heterocycles. The second-order valence-corrected chi connectivity index (χ2v) is 8.21. The molecule has 1 rings (SSSR count). The molecule has 3 N–H and O–H groups in total. The maximum atomic E-state index is 12.5. The van der Waals surface area contributed by atoms with Crippen molar-refractivity contribution in [2.24, 2.45) is 5.41 Å². The summed E-state index contributed by atoms with van der Waals surface area (Å²) in [5.74, 6) is -0.694. The molecule has 160 valence electrons. The highest BCUT2D eigenvalue weighted by Gasteiger charge is 2.36. The Kier molecular flexibility index (Phi) is 11.3. The summed E-state index contributed by atoms with van der Waals surface area (Å²) in [6.45, 7) is 9.60. The van der Waals surface area contributed by atoms with Crippen LogP contribution < -0.4 is 10.6 Å². The van der Waals surface area contributed by atoms with Crippen molar-refractivity contribution in [1.29, 1.82) is 0 Å². The van der Waals surface area contributed by atoms with Gasteiger partial charge in [0.05, 0.1) is 6.61 Å². The summed E-state index contributed by atoms with van der Waals surface area (Å²) in [6.07, 6.45) is -0.953. The summed E-state index contributed by atoms with van der Waals surface area (Å²) in [6, 6.07) is 3.97. The third-order valence-electron chi connectivity index (χ3n) is 4.23. The number of carbonyl (C=O) groups excluding carboxylic acids is 2. The molecule has 0 radical (unpaired) electrons. The van der Waals surface area contributed by atoms with Gasteiger partial charge in [0.2, 0.25) is 11.8 Å². The summed E-state index contributed by atoms with van der Waals surface area (Å²) in [5, 5.41) is 17.4. The van der Waals surface area contributed by atoms with Crippen molar-refractivity contribution in [3.8, 4) is 0 Å². The molecule has 7 nitrogen and oxygen atoms in total. The molecule has 0 spiro atoms. The monoisotopic (exact) mass is 414 g/mol. The zero-order chi connectivity index (χ0) is 21.0. The molecule has 0 fully saturated rings. The lowest BCUT2D eigenvalue weighted by Crippen LogP contribution is -2.48. The van der Waals surface area contributed by atoms with Gasteiger partial charge in [0.25, 0.3) is 0 Å². The van der Waals surface area contributed by atoms with E-state index >= 15 is 0 Å². The van der Waals surface area contributed by atoms with Gasteiger partial charge >= 0.3 is 0 Å². The third-order valence-corrected chi connectivity index (χ3v) is 5.17. The molecule has 1 heterocycles. The van der Waals surface area contributed by atoms with E-state index in [0.29, 0.717) is 26.4 Å². The molecule has 1 aromatic rings. The minimum Gasteiger partial charge on any atom is -0.383 e. The lowest BCUT2D eigenvalue weighted by atomic mass is 9.86. The molecule has 0 saturated heterocycles. The van der Waals surface area contributed by atoms with Crippen molar-refractivity contribution in [2.45, 2.75) is 52.7 Å². The smallest absolute Gasteiger partial charge is 0.249 e. The van der Waals surface area contributed by atoms with Crippen LogP contribution in [0.25, 0.3) is 0 Å². The number of ether oxygens (including phenoxy) is 2. The number of carbonyl (C=O) groups is 2. The first kappa shape index (κ1) is 24.6. The Labute approximate surface area is 171 Å². The van der Waals surface area contributed by atoms with Gasteiger partial charge in [-0.25, -0.2) is 0 Å². The van der Waals surface area contributed by atoms with E-state index in [2.05, 4.69) is 10.6 Å². The van der Waals surface area contributed by atoms with Gasteiger partial charge in [-0.15, -0.1) is 11.3 Å². The average Bonchev–Trinajstić information content (AvgIpc) is 3.17. The van der Waals surface area contributed by atoms with E-state index in [9.17, 15) is 14.7 Å². The van der Waals surface area contributed by atoms with Crippen LogP contribution >= 0.6 is 11.3 Å². The highest BCUT2D eigenvalue weighted by Crippen LogP contribution is 2.24. The summed E-state index contributed by atoms with van der Waals surface area (Å²) >= 11 is 1.63. The fraction of sp³-hybridized carbons (Fsp3) is 0.700. The Morgan fingerprint density at radius 3 is 2.50 bits per heavy atom. The second kappa shape index (κ2) is 12.9. The Hall–Kier alpha value is -1.48. The van der Waals surface area contributed by atoms with Crippen LogP contribution in [-0.2, 0) is 25.5 Å². The zero-order valence-corrected chi connectivity index (χ0v) is 18.1. The molecular formula is C20H34N2O5S. The highest BCUT2D eigenvalue weighted by atomic mass is 32.1. The van der Waals surface area contributed by atoms with Crippen molar-refractivity contribution < 1.29 is 24.2 Å². The number of amides is 2. The number of hydrogen-bond donors (Lipinski definition) is 3. The van der Waals surface area contributed by atoms with E-state index in [1.54, 1.807) is 11.3 Å². The van der Waals surface area contributed by atoms with E-state index in [0.717, 1.165) is 6.42 Å². The van der Waals surface area contributed by atoms with Gasteiger partial charge in [-0.05, 0) is 38.1 Å². The first-order valence-electron chi connectivity index (χ1n) is 9.77. The maximum Gasteiger partial charge on any atom is 0.249 e. The molecule has 0 bridgehead atoms. The van der Waals surface area contributed by atoms with Crippen LogP contribution in [0, 0.1) is 5.41 Å². The zero-order valence-electron chi connectivity index (χ0n) is 17.3. The van der Waals surface area contributed by atoms with Gasteiger partial charge in [0.15, 0.2) is 0 Å². The summed E-state index contributed by atoms with van der Waals surface area (Å²) in [7, 11) is 0. The van der Waals surface area contributed by atoms with Crippen LogP contribution in [0.15, 0.2) is 17.5 Å². The van der Waals surface area contributed by atoms with Crippen molar-refractivity contribution >= 4 is 23.2 Å². The second-order valence-electron chi connectivity index (χ2n) is 7.18. The minimum absolute atomic E-state index is 0.140. The van der Waals surface area contributed by atoms with Crippen molar-refractivity contribution in [3.05, 3.63) is 22.4 Å². The topological polar surface area (TPSA) is 96.9 Å². The molecule has 2 amide bonds. The fourth-order valence-electron chi connectivity index (χ4n) is 2.70. The molecule has 0 aliphatic heterocycles. The van der Waals surface area contributed by atoms with Gasteiger partial charge in [-0.2, -0.15) is 0 Å². The fourth-order valence-corrected chi connectivity index (χ4v) is 3.41. The van der Waals surface area contributed by atoms with Gasteiger partial charge in [-0.3, -0.25) is 9.59 Å². The van der Waals surface area contributed by atoms with E-state index in [4.69, 9.17) is 9.47 Å². The molecule has 0 aliphatic carbocycles. The van der Waals surface area contributed by atoms with Gasteiger partial charge in [0, 0.05) is 36.6 Å². The standard InChI is InChI=1S/C20H34N2O5S/c1-5-26-14-20(3,4)17(27-6-2)19(25)22-12-10-16(23)18(24)21-11-9-15-8-7-13-28-15/h7-8,13,16-17,23H,5-6,9-12,14H2,1-4H3,(H,21,24)(H,22,25)/t16?,17-/m0/s1. The predicted octanol–water partition coefficient (Wildman–Crippen LogP) is 1.74. The van der Waals surface area contributed by atoms with Crippen LogP contribution in [-0.4, -0.2) is 62.0 Å². The molecule has 0 aromatic carbocycles. The summed E-state index contributed by atoms with van der Waals surface area (Å²) < 4.78 is 11.1. The molecule has 0 aliphatic rings. The Morgan fingerprint density at radius 2 is 1.89 bits per heavy atom. The predicted molar refractivity (Wildman–Crippen MR) is 110 cm³/mol. The first-order valence-corrected chi connectivity index (χ1v) is 10.6. The van der Waals surface area contributed by atoms with E-state index < -0.39 is 23.5 Å². The Balaban J connectivity index is 2.37. The quantitative estimate of drug-likeness (QED) is 0.431. The lowest BCUT2D eigenvalue weighted by Gasteiger charge is -2.32. The number of aliphatic hydroxyl groups excluding tert-OH is 1. The highest BCUT2D eigenvalue weighted by molar-refractivity contribution is 7.09. The molecule has 1 unspecified atom stereocenters. The van der Waals surface area contributed by atoms with Crippen LogP contribution in [0.1, 0.15) is 39.0 Å². The molecule has 8 heteroatoms. The molecule has 28 heavy (non-hydrogen) atoms. The number of nitrogens with one attached hydrogen (secondary N) is 2. The Morgan fingerprint density at radius 1 is 1.18 bits per heavy atom. The normalized spacial score (nSPS) is 13.8. The average molecular weight is 415 g/mol. The molecule has 2 atom stereocenters. The van der Waals surface area contributed by atoms with E-state index in [-0.39, 0.29) is 18.9 Å². The summed E-state index contributed by atoms with van der Waals surface area (Å²) in [4.78, 5) is 25.7. The van der Waals surface area contributed by atoms with Crippen molar-refractivity contribution in [2.75, 3.05) is 32.9 Å². The minimum atomic E-state index is -1.16. The van der Waals surface area contributed by atoms with Crippen LogP contribution in [0.3, 0.4) is 0 Å². The van der Waals surface area contributed by atoms with Gasteiger partial charge < -0.3 is 25.2 Å². The number of aliphatic hydroxyl groups is 1. The van der Waals surface area contributed by atoms with Crippen molar-refractivity contribution in [3.63, 3.8) is 0 Å². The van der Waals surface area contributed by atoms with Gasteiger partial charge in [0.1, 0.15) is 12.2 Å². The lowest BCUT2D eigenvalue weighted by molar-refractivity contribution is -0.144. The largest absolute Gasteiger partial charge is 0.383 e. The number of hydrogen-bond acceptors (Lipinski definition) is 6. The summed E-state index contributed by atoms with van der Waals surface area (Å²) in [5.41, 5.74) is -0.492. The Bertz CT molecular complexity index is 577.